The third-order valence-corrected chi connectivity index (χ3v) is 3.59. The van der Waals surface area contributed by atoms with Crippen LogP contribution in [-0.4, -0.2) is 14.6 Å². The van der Waals surface area contributed by atoms with E-state index < -0.39 is 0 Å². The normalized spacial score (nSPS) is 15.8. The highest BCUT2D eigenvalue weighted by Crippen LogP contribution is 2.29. The molecule has 0 radical (unpaired) electrons. The van der Waals surface area contributed by atoms with Crippen molar-refractivity contribution < 1.29 is 4.65 Å². The van der Waals surface area contributed by atoms with E-state index in [1.165, 1.54) is 36.8 Å². The van der Waals surface area contributed by atoms with Crippen molar-refractivity contribution in [3.63, 3.8) is 0 Å². The molecule has 0 aromatic heterocycles. The van der Waals surface area contributed by atoms with Crippen LogP contribution in [0.3, 0.4) is 0 Å². The van der Waals surface area contributed by atoms with Gasteiger partial charge in [0.1, 0.15) is 0 Å². The Labute approximate surface area is 99.5 Å². The molecule has 0 saturated heterocycles. The average Bonchev–Trinajstić information content (AvgIpc) is 2.26. The van der Waals surface area contributed by atoms with Crippen molar-refractivity contribution in [1.29, 1.82) is 0 Å². The Bertz CT molecular complexity index is 303. The lowest BCUT2D eigenvalue weighted by Crippen LogP contribution is -2.13. The van der Waals surface area contributed by atoms with E-state index in [9.17, 15) is 0 Å². The van der Waals surface area contributed by atoms with Crippen molar-refractivity contribution >= 4 is 7.48 Å². The van der Waals surface area contributed by atoms with E-state index in [0.29, 0.717) is 0 Å². The van der Waals surface area contributed by atoms with Crippen LogP contribution in [0.15, 0.2) is 24.3 Å². The highest BCUT2D eigenvalue weighted by Gasteiger charge is 2.17. The summed E-state index contributed by atoms with van der Waals surface area (Å²) in [6, 6.07) is 9.17. The van der Waals surface area contributed by atoms with Crippen LogP contribution in [-0.2, 0) is 17.5 Å². The molecule has 0 amide bonds. The molecule has 2 rings (SSSR count). The molecule has 0 bridgehead atoms. The standard InChI is InChI=1S/C14H21BO/c1-16-15-10-9-12-5-7-14(8-6-12)11-13-3-2-4-13/h5-8,13,15H,2-4,9-11H2,1H3. The second-order valence-corrected chi connectivity index (χ2v) is 4.91. The molecule has 1 aliphatic carbocycles. The summed E-state index contributed by atoms with van der Waals surface area (Å²) >= 11 is 0. The van der Waals surface area contributed by atoms with E-state index >= 15 is 0 Å². The first-order valence-corrected chi connectivity index (χ1v) is 6.45. The number of hydrogen-bond donors (Lipinski definition) is 0. The Morgan fingerprint density at radius 1 is 1.19 bits per heavy atom. The summed E-state index contributed by atoms with van der Waals surface area (Å²) in [6.45, 7) is 0. The maximum absolute atomic E-state index is 5.06. The predicted octanol–water partition coefficient (Wildman–Crippen LogP) is 2.99. The van der Waals surface area contributed by atoms with Crippen molar-refractivity contribution in [2.75, 3.05) is 7.11 Å². The monoisotopic (exact) mass is 216 g/mol. The first kappa shape index (κ1) is 11.7. The fraction of sp³-hybridized carbons (Fsp3) is 0.571. The molecule has 0 heterocycles. The largest absolute Gasteiger partial charge is 0.442 e. The lowest BCUT2D eigenvalue weighted by molar-refractivity contribution is 0.314. The van der Waals surface area contributed by atoms with Gasteiger partial charge in [-0.2, -0.15) is 0 Å². The second-order valence-electron chi connectivity index (χ2n) is 4.91. The quantitative estimate of drug-likeness (QED) is 0.524. The second kappa shape index (κ2) is 6.10. The van der Waals surface area contributed by atoms with Gasteiger partial charge >= 0.3 is 0 Å². The fourth-order valence-corrected chi connectivity index (χ4v) is 2.29. The smallest absolute Gasteiger partial charge is 0.274 e. The zero-order valence-electron chi connectivity index (χ0n) is 10.2. The van der Waals surface area contributed by atoms with Crippen LogP contribution < -0.4 is 0 Å². The number of aryl methyl sites for hydroxylation is 1. The Kier molecular flexibility index (Phi) is 4.47. The summed E-state index contributed by atoms with van der Waals surface area (Å²) in [6.07, 6.45) is 7.87. The summed E-state index contributed by atoms with van der Waals surface area (Å²) in [5.41, 5.74) is 2.95. The SMILES string of the molecule is COBCCc1ccc(CC2CCC2)cc1. The molecule has 0 aliphatic heterocycles. The van der Waals surface area contributed by atoms with E-state index in [2.05, 4.69) is 24.3 Å². The van der Waals surface area contributed by atoms with Crippen LogP contribution in [0.1, 0.15) is 30.4 Å². The average molecular weight is 216 g/mol. The molecule has 86 valence electrons. The molecule has 1 aromatic carbocycles. The van der Waals surface area contributed by atoms with Gasteiger partial charge in [-0.15, -0.1) is 0 Å². The summed E-state index contributed by atoms with van der Waals surface area (Å²) < 4.78 is 5.06. The molecule has 0 spiro atoms. The van der Waals surface area contributed by atoms with Gasteiger partial charge in [-0.05, 0) is 36.2 Å². The first-order valence-electron chi connectivity index (χ1n) is 6.45. The van der Waals surface area contributed by atoms with Crippen LogP contribution in [0.2, 0.25) is 6.32 Å². The van der Waals surface area contributed by atoms with Gasteiger partial charge in [0, 0.05) is 7.11 Å². The van der Waals surface area contributed by atoms with Crippen molar-refractivity contribution in [1.82, 2.24) is 0 Å². The molecule has 1 saturated carbocycles. The molecule has 1 fully saturated rings. The lowest BCUT2D eigenvalue weighted by Gasteiger charge is -2.25. The number of hydrogen-bond acceptors (Lipinski definition) is 1. The zero-order valence-corrected chi connectivity index (χ0v) is 10.2. The summed E-state index contributed by atoms with van der Waals surface area (Å²) in [7, 11) is 2.63. The maximum atomic E-state index is 5.06. The number of rotatable bonds is 6. The van der Waals surface area contributed by atoms with E-state index in [0.717, 1.165) is 26.1 Å². The van der Waals surface area contributed by atoms with Crippen molar-refractivity contribution in [3.05, 3.63) is 35.4 Å². The Morgan fingerprint density at radius 3 is 2.44 bits per heavy atom. The van der Waals surface area contributed by atoms with Gasteiger partial charge in [-0.1, -0.05) is 43.5 Å². The van der Waals surface area contributed by atoms with E-state index in [1.54, 1.807) is 7.11 Å². The molecule has 0 unspecified atom stereocenters. The molecular weight excluding hydrogens is 195 g/mol. The van der Waals surface area contributed by atoms with Gasteiger partial charge in [0.15, 0.2) is 0 Å². The van der Waals surface area contributed by atoms with E-state index in [-0.39, 0.29) is 0 Å². The number of benzene rings is 1. The van der Waals surface area contributed by atoms with Gasteiger partial charge in [0.25, 0.3) is 7.48 Å². The Balaban J connectivity index is 1.78. The zero-order chi connectivity index (χ0) is 11.2. The molecule has 16 heavy (non-hydrogen) atoms. The molecule has 0 atom stereocenters. The van der Waals surface area contributed by atoms with E-state index in [4.69, 9.17) is 4.65 Å². The third kappa shape index (κ3) is 3.38. The van der Waals surface area contributed by atoms with Gasteiger partial charge in [-0.25, -0.2) is 0 Å². The Morgan fingerprint density at radius 2 is 1.88 bits per heavy atom. The van der Waals surface area contributed by atoms with Crippen LogP contribution >= 0.6 is 0 Å². The van der Waals surface area contributed by atoms with E-state index in [1.807, 2.05) is 0 Å². The molecule has 1 aliphatic rings. The topological polar surface area (TPSA) is 9.23 Å². The fourth-order valence-electron chi connectivity index (χ4n) is 2.29. The highest BCUT2D eigenvalue weighted by molar-refractivity contribution is 6.26. The maximum Gasteiger partial charge on any atom is 0.274 e. The molecule has 1 nitrogen and oxygen atoms in total. The minimum atomic E-state index is 0.865. The van der Waals surface area contributed by atoms with Crippen LogP contribution in [0.25, 0.3) is 0 Å². The predicted molar refractivity (Wildman–Crippen MR) is 70.2 cm³/mol. The summed E-state index contributed by atoms with van der Waals surface area (Å²) in [5.74, 6) is 0.972. The van der Waals surface area contributed by atoms with Crippen molar-refractivity contribution in [2.45, 2.75) is 38.4 Å². The van der Waals surface area contributed by atoms with Gasteiger partial charge in [0.2, 0.25) is 0 Å². The molecule has 1 aromatic rings. The summed E-state index contributed by atoms with van der Waals surface area (Å²) in [5, 5.41) is 0. The lowest BCUT2D eigenvalue weighted by atomic mass is 9.81. The summed E-state index contributed by atoms with van der Waals surface area (Å²) in [4.78, 5) is 0. The van der Waals surface area contributed by atoms with Crippen LogP contribution in [0.5, 0.6) is 0 Å². The molecule has 2 heteroatoms. The van der Waals surface area contributed by atoms with Gasteiger partial charge in [-0.3, -0.25) is 0 Å². The Hall–Kier alpha value is -0.755. The van der Waals surface area contributed by atoms with Crippen LogP contribution in [0, 0.1) is 5.92 Å². The minimum Gasteiger partial charge on any atom is -0.442 e. The van der Waals surface area contributed by atoms with Gasteiger partial charge < -0.3 is 4.65 Å². The third-order valence-electron chi connectivity index (χ3n) is 3.59. The van der Waals surface area contributed by atoms with Crippen LogP contribution in [0.4, 0.5) is 0 Å². The van der Waals surface area contributed by atoms with Crippen molar-refractivity contribution in [2.24, 2.45) is 5.92 Å². The molecule has 0 N–H and O–H groups in total. The minimum absolute atomic E-state index is 0.865. The highest BCUT2D eigenvalue weighted by atomic mass is 16.4. The van der Waals surface area contributed by atoms with Gasteiger partial charge in [0.05, 0.1) is 0 Å². The van der Waals surface area contributed by atoms with Crippen molar-refractivity contribution in [3.8, 4) is 0 Å². The molecular formula is C14H21BO. The first-order chi connectivity index (χ1) is 7.88.